The molecule has 3 amide bonds. The van der Waals surface area contributed by atoms with E-state index in [4.69, 9.17) is 4.74 Å². The van der Waals surface area contributed by atoms with E-state index in [0.29, 0.717) is 11.3 Å². The lowest BCUT2D eigenvalue weighted by Gasteiger charge is -2.33. The molecule has 3 atom stereocenters. The number of phenolic OH excluding ortho intramolecular Hbond substituents is 1. The van der Waals surface area contributed by atoms with Gasteiger partial charge in [-0.2, -0.15) is 0 Å². The van der Waals surface area contributed by atoms with Crippen LogP contribution in [0.2, 0.25) is 0 Å². The fraction of sp³-hybridized carbons (Fsp3) is 0.344. The molecule has 42 heavy (non-hydrogen) atoms. The minimum atomic E-state index is -1.63. The maximum absolute atomic E-state index is 13.8. The second-order valence-electron chi connectivity index (χ2n) is 10.8. The van der Waals surface area contributed by atoms with Gasteiger partial charge in [0.15, 0.2) is 6.10 Å². The average molecular weight is 592 g/mol. The number of nitrogens with one attached hydrogen (secondary N) is 2. The van der Waals surface area contributed by atoms with Gasteiger partial charge in [-0.3, -0.25) is 14.4 Å². The number of ether oxygens (including phenoxy) is 1. The smallest absolute Gasteiger partial charge is 0.254 e. The summed E-state index contributed by atoms with van der Waals surface area (Å²) in [5, 5.41) is 27.3. The van der Waals surface area contributed by atoms with Crippen LogP contribution in [0.4, 0.5) is 0 Å². The maximum Gasteiger partial charge on any atom is 0.254 e. The second-order valence-corrected chi connectivity index (χ2v) is 12.4. The van der Waals surface area contributed by atoms with Crippen molar-refractivity contribution in [2.75, 3.05) is 13.0 Å². The number of methoxy groups -OCH3 is 1. The molecule has 1 saturated heterocycles. The molecular weight excluding hydrogens is 554 g/mol. The van der Waals surface area contributed by atoms with Crippen molar-refractivity contribution in [3.8, 4) is 11.5 Å². The van der Waals surface area contributed by atoms with Crippen LogP contribution < -0.4 is 15.4 Å². The van der Waals surface area contributed by atoms with Crippen molar-refractivity contribution >= 4 is 29.5 Å². The Bertz CT molecular complexity index is 1410. The number of aromatic hydroxyl groups is 1. The molecule has 0 aromatic heterocycles. The Balaban J connectivity index is 1.54. The third kappa shape index (κ3) is 7.06. The van der Waals surface area contributed by atoms with Gasteiger partial charge in [0.2, 0.25) is 5.91 Å². The van der Waals surface area contributed by atoms with Crippen molar-refractivity contribution in [1.29, 1.82) is 0 Å². The number of carbonyl (C=O) groups is 3. The zero-order valence-corrected chi connectivity index (χ0v) is 25.0. The van der Waals surface area contributed by atoms with Gasteiger partial charge in [-0.25, -0.2) is 0 Å². The van der Waals surface area contributed by atoms with Crippen LogP contribution in [-0.2, 0) is 22.6 Å². The summed E-state index contributed by atoms with van der Waals surface area (Å²) in [5.74, 6) is -0.617. The van der Waals surface area contributed by atoms with Crippen molar-refractivity contribution in [3.63, 3.8) is 0 Å². The fourth-order valence-electron chi connectivity index (χ4n) is 5.01. The van der Waals surface area contributed by atoms with Gasteiger partial charge in [0, 0.05) is 22.4 Å². The number of thioether (sulfide) groups is 1. The number of hydrogen-bond acceptors (Lipinski definition) is 7. The van der Waals surface area contributed by atoms with Crippen LogP contribution >= 0.6 is 11.8 Å². The van der Waals surface area contributed by atoms with E-state index in [-0.39, 0.29) is 36.1 Å². The van der Waals surface area contributed by atoms with Crippen molar-refractivity contribution in [1.82, 2.24) is 15.5 Å². The number of aliphatic hydroxyl groups is 1. The summed E-state index contributed by atoms with van der Waals surface area (Å²) in [4.78, 5) is 42.0. The van der Waals surface area contributed by atoms with Gasteiger partial charge in [-0.1, -0.05) is 48.5 Å². The highest BCUT2D eigenvalue weighted by Gasteiger charge is 2.49. The molecule has 1 fully saturated rings. The summed E-state index contributed by atoms with van der Waals surface area (Å²) in [7, 11) is 1.58. The van der Waals surface area contributed by atoms with Crippen molar-refractivity contribution < 1.29 is 29.3 Å². The van der Waals surface area contributed by atoms with Gasteiger partial charge in [-0.15, -0.1) is 11.8 Å². The van der Waals surface area contributed by atoms with Gasteiger partial charge in [0.25, 0.3) is 11.8 Å². The number of rotatable bonds is 10. The predicted octanol–water partition coefficient (Wildman–Crippen LogP) is 3.41. The molecular formula is C32H37N3O6S. The van der Waals surface area contributed by atoms with Crippen LogP contribution in [0.5, 0.6) is 11.5 Å². The zero-order chi connectivity index (χ0) is 30.4. The van der Waals surface area contributed by atoms with E-state index in [9.17, 15) is 24.6 Å². The highest BCUT2D eigenvalue weighted by Crippen LogP contribution is 2.40. The van der Waals surface area contributed by atoms with Gasteiger partial charge in [-0.05, 0) is 62.6 Å². The third-order valence-corrected chi connectivity index (χ3v) is 8.88. The summed E-state index contributed by atoms with van der Waals surface area (Å²) in [5.41, 5.74) is 2.31. The van der Waals surface area contributed by atoms with Gasteiger partial charge >= 0.3 is 0 Å². The van der Waals surface area contributed by atoms with Crippen LogP contribution in [0.15, 0.2) is 72.8 Å². The number of amides is 3. The summed E-state index contributed by atoms with van der Waals surface area (Å²) in [6, 6.07) is 19.3. The van der Waals surface area contributed by atoms with Gasteiger partial charge in [0.05, 0.1) is 19.0 Å². The number of nitrogens with zero attached hydrogens (tertiary/aromatic N) is 1. The van der Waals surface area contributed by atoms with E-state index in [0.717, 1.165) is 11.1 Å². The molecule has 3 aromatic rings. The molecule has 0 radical (unpaired) electrons. The van der Waals surface area contributed by atoms with E-state index < -0.39 is 34.7 Å². The highest BCUT2D eigenvalue weighted by atomic mass is 32.2. The van der Waals surface area contributed by atoms with E-state index in [2.05, 4.69) is 10.6 Å². The molecule has 9 nitrogen and oxygen atoms in total. The van der Waals surface area contributed by atoms with Crippen LogP contribution in [0.3, 0.4) is 0 Å². The minimum absolute atomic E-state index is 0.0290. The lowest BCUT2D eigenvalue weighted by atomic mass is 9.96. The van der Waals surface area contributed by atoms with Crippen molar-refractivity contribution in [2.45, 2.75) is 56.7 Å². The topological polar surface area (TPSA) is 128 Å². The Kier molecular flexibility index (Phi) is 9.80. The second kappa shape index (κ2) is 13.3. The SMILES string of the molecule is COc1ccc(CNC(=O)C2N(C(=O)[C@@H](O)[C@H](Cc3ccccc3)NC(=O)c3cccc(O)c3C)CSC2(C)C)cc1. The predicted molar refractivity (Wildman–Crippen MR) is 162 cm³/mol. The summed E-state index contributed by atoms with van der Waals surface area (Å²) in [6.45, 7) is 5.67. The quantitative estimate of drug-likeness (QED) is 0.285. The molecule has 0 saturated carbocycles. The van der Waals surface area contributed by atoms with Crippen molar-refractivity contribution in [3.05, 3.63) is 95.1 Å². The first-order chi connectivity index (χ1) is 20.0. The monoisotopic (exact) mass is 591 g/mol. The summed E-state index contributed by atoms with van der Waals surface area (Å²) >= 11 is 1.45. The van der Waals surface area contributed by atoms with Crippen LogP contribution in [0.1, 0.15) is 40.9 Å². The number of hydrogen-bond donors (Lipinski definition) is 4. The molecule has 0 spiro atoms. The largest absolute Gasteiger partial charge is 0.508 e. The van der Waals surface area contributed by atoms with Gasteiger partial charge < -0.3 is 30.5 Å². The fourth-order valence-corrected chi connectivity index (χ4v) is 6.15. The van der Waals surface area contributed by atoms with E-state index in [1.165, 1.54) is 22.7 Å². The molecule has 1 unspecified atom stereocenters. The van der Waals surface area contributed by atoms with E-state index >= 15 is 0 Å². The molecule has 10 heteroatoms. The molecule has 222 valence electrons. The number of aliphatic hydroxyl groups excluding tert-OH is 1. The zero-order valence-electron chi connectivity index (χ0n) is 24.2. The molecule has 4 rings (SSSR count). The molecule has 1 heterocycles. The normalized spacial score (nSPS) is 17.3. The van der Waals surface area contributed by atoms with E-state index in [1.807, 2.05) is 68.4 Å². The van der Waals surface area contributed by atoms with Crippen LogP contribution in [0, 0.1) is 6.92 Å². The number of carbonyl (C=O) groups excluding carboxylic acids is 3. The summed E-state index contributed by atoms with van der Waals surface area (Å²) < 4.78 is 4.57. The van der Waals surface area contributed by atoms with Crippen molar-refractivity contribution in [2.24, 2.45) is 0 Å². The number of benzene rings is 3. The molecule has 0 aliphatic carbocycles. The highest BCUT2D eigenvalue weighted by molar-refractivity contribution is 8.00. The standard InChI is InChI=1S/C32H37N3O6S/c1-20-24(11-8-12-26(20)36)29(38)34-25(17-21-9-6-5-7-10-21)27(37)31(40)35-19-42-32(2,3)28(35)30(39)33-18-22-13-15-23(41-4)16-14-22/h5-16,25,27-28,36-37H,17-19H2,1-4H3,(H,33,39)(H,34,38)/t25-,27-,28?/m0/s1. The Hall–Kier alpha value is -4.02. The lowest BCUT2D eigenvalue weighted by Crippen LogP contribution is -2.58. The Morgan fingerprint density at radius 3 is 2.38 bits per heavy atom. The van der Waals surface area contributed by atoms with Crippen LogP contribution in [0.25, 0.3) is 0 Å². The molecule has 1 aliphatic rings. The first-order valence-corrected chi connectivity index (χ1v) is 14.7. The third-order valence-electron chi connectivity index (χ3n) is 7.50. The average Bonchev–Trinajstić information content (AvgIpc) is 3.31. The molecule has 3 aromatic carbocycles. The molecule has 0 bridgehead atoms. The number of phenols is 1. The molecule has 4 N–H and O–H groups in total. The summed E-state index contributed by atoms with van der Waals surface area (Å²) in [6.07, 6.45) is -1.45. The maximum atomic E-state index is 13.8. The van der Waals surface area contributed by atoms with E-state index in [1.54, 1.807) is 26.2 Å². The molecule has 1 aliphatic heterocycles. The Morgan fingerprint density at radius 1 is 1.02 bits per heavy atom. The Labute approximate surface area is 250 Å². The first kappa shape index (κ1) is 30.9. The van der Waals surface area contributed by atoms with Crippen LogP contribution in [-0.4, -0.2) is 68.8 Å². The minimum Gasteiger partial charge on any atom is -0.508 e. The lowest BCUT2D eigenvalue weighted by molar-refractivity contribution is -0.147. The first-order valence-electron chi connectivity index (χ1n) is 13.7. The Morgan fingerprint density at radius 2 is 1.71 bits per heavy atom. The van der Waals surface area contributed by atoms with Gasteiger partial charge in [0.1, 0.15) is 17.5 Å².